The third-order valence-electron chi connectivity index (χ3n) is 3.72. The van der Waals surface area contributed by atoms with Gasteiger partial charge in [-0.2, -0.15) is 9.40 Å². The molecule has 0 spiro atoms. The topological polar surface area (TPSA) is 79.2 Å². The molecular weight excluding hydrogens is 278 g/mol. The average molecular weight is 295 g/mol. The highest BCUT2D eigenvalue weighted by atomic mass is 32.2. The second kappa shape index (κ2) is 4.75. The zero-order valence-electron chi connectivity index (χ0n) is 11.4. The van der Waals surface area contributed by atoms with E-state index in [2.05, 4.69) is 17.1 Å². The summed E-state index contributed by atoms with van der Waals surface area (Å²) in [4.78, 5) is 0.155. The van der Waals surface area contributed by atoms with Crippen LogP contribution in [0.5, 0.6) is 0 Å². The Morgan fingerprint density at radius 3 is 2.85 bits per heavy atom. The van der Waals surface area contributed by atoms with Gasteiger partial charge in [-0.15, -0.1) is 0 Å². The van der Waals surface area contributed by atoms with Gasteiger partial charge in [-0.05, 0) is 24.5 Å². The van der Waals surface area contributed by atoms with Gasteiger partial charge in [0.1, 0.15) is 16.4 Å². The Morgan fingerprint density at radius 2 is 2.25 bits per heavy atom. The van der Waals surface area contributed by atoms with Gasteiger partial charge >= 0.3 is 0 Å². The Labute approximate surface area is 117 Å². The molecule has 2 aromatic rings. The Kier molecular flexibility index (Phi) is 3.18. The molecule has 0 bridgehead atoms. The SMILES string of the molecule is CC1CC1c1ccc(CN(C)S(=O)(=O)c2cn[nH]c2)o1. The second-order valence-electron chi connectivity index (χ2n) is 5.32. The molecule has 2 unspecified atom stereocenters. The molecule has 0 aromatic carbocycles. The number of nitrogens with zero attached hydrogens (tertiary/aromatic N) is 2. The van der Waals surface area contributed by atoms with Crippen molar-refractivity contribution in [3.05, 3.63) is 36.0 Å². The predicted molar refractivity (Wildman–Crippen MR) is 72.5 cm³/mol. The van der Waals surface area contributed by atoms with Crippen molar-refractivity contribution < 1.29 is 12.8 Å². The molecule has 0 aliphatic heterocycles. The van der Waals surface area contributed by atoms with Gasteiger partial charge in [-0.3, -0.25) is 5.10 Å². The standard InChI is InChI=1S/C13H17N3O3S/c1-9-5-12(9)13-4-3-10(19-13)8-16(2)20(17,18)11-6-14-15-7-11/h3-4,6-7,9,12H,5,8H2,1-2H3,(H,14,15). The van der Waals surface area contributed by atoms with Crippen LogP contribution in [0, 0.1) is 5.92 Å². The molecule has 2 aromatic heterocycles. The maximum atomic E-state index is 12.2. The summed E-state index contributed by atoms with van der Waals surface area (Å²) in [7, 11) is -1.99. The summed E-state index contributed by atoms with van der Waals surface area (Å²) < 4.78 is 31.4. The predicted octanol–water partition coefficient (Wildman–Crippen LogP) is 1.95. The number of furan rings is 1. The van der Waals surface area contributed by atoms with Crippen LogP contribution in [-0.4, -0.2) is 30.0 Å². The van der Waals surface area contributed by atoms with Gasteiger partial charge in [-0.1, -0.05) is 6.92 Å². The Bertz CT molecular complexity index is 690. The highest BCUT2D eigenvalue weighted by molar-refractivity contribution is 7.89. The monoisotopic (exact) mass is 295 g/mol. The fourth-order valence-electron chi connectivity index (χ4n) is 2.26. The molecule has 1 saturated carbocycles. The maximum Gasteiger partial charge on any atom is 0.246 e. The molecule has 3 rings (SSSR count). The smallest absolute Gasteiger partial charge is 0.246 e. The lowest BCUT2D eigenvalue weighted by Crippen LogP contribution is -2.26. The van der Waals surface area contributed by atoms with Gasteiger partial charge in [0.05, 0.1) is 12.7 Å². The van der Waals surface area contributed by atoms with E-state index < -0.39 is 10.0 Å². The number of aromatic amines is 1. The van der Waals surface area contributed by atoms with E-state index in [-0.39, 0.29) is 11.4 Å². The van der Waals surface area contributed by atoms with Crippen molar-refractivity contribution in [1.29, 1.82) is 0 Å². The fourth-order valence-corrected chi connectivity index (χ4v) is 3.31. The molecular formula is C13H17N3O3S. The average Bonchev–Trinajstić information content (AvgIpc) is 2.90. The normalized spacial score (nSPS) is 22.4. The Hall–Kier alpha value is -1.60. The number of hydrogen-bond acceptors (Lipinski definition) is 4. The van der Waals surface area contributed by atoms with Crippen molar-refractivity contribution in [3.8, 4) is 0 Å². The Morgan fingerprint density at radius 1 is 1.50 bits per heavy atom. The summed E-state index contributed by atoms with van der Waals surface area (Å²) in [5.41, 5.74) is 0. The number of sulfonamides is 1. The van der Waals surface area contributed by atoms with E-state index in [9.17, 15) is 8.42 Å². The largest absolute Gasteiger partial charge is 0.464 e. The molecule has 108 valence electrons. The minimum absolute atomic E-state index is 0.155. The van der Waals surface area contributed by atoms with Crippen molar-refractivity contribution in [3.63, 3.8) is 0 Å². The second-order valence-corrected chi connectivity index (χ2v) is 7.36. The van der Waals surface area contributed by atoms with Gasteiger partial charge in [-0.25, -0.2) is 8.42 Å². The van der Waals surface area contributed by atoms with Crippen LogP contribution in [0.3, 0.4) is 0 Å². The van der Waals surface area contributed by atoms with Crippen LogP contribution in [0.4, 0.5) is 0 Å². The summed E-state index contributed by atoms with van der Waals surface area (Å²) in [6, 6.07) is 3.80. The lowest BCUT2D eigenvalue weighted by Gasteiger charge is -2.14. The lowest BCUT2D eigenvalue weighted by atomic mass is 10.3. The van der Waals surface area contributed by atoms with E-state index >= 15 is 0 Å². The van der Waals surface area contributed by atoms with Gasteiger partial charge < -0.3 is 4.42 Å². The maximum absolute atomic E-state index is 12.2. The Balaban J connectivity index is 1.73. The first-order chi connectivity index (χ1) is 9.48. The van der Waals surface area contributed by atoms with Crippen LogP contribution >= 0.6 is 0 Å². The van der Waals surface area contributed by atoms with Crippen LogP contribution in [0.15, 0.2) is 33.8 Å². The van der Waals surface area contributed by atoms with E-state index in [1.807, 2.05) is 12.1 Å². The van der Waals surface area contributed by atoms with E-state index in [1.165, 1.54) is 23.7 Å². The molecule has 1 fully saturated rings. The van der Waals surface area contributed by atoms with Crippen molar-refractivity contribution in [2.24, 2.45) is 5.92 Å². The molecule has 0 amide bonds. The first-order valence-electron chi connectivity index (χ1n) is 6.52. The van der Waals surface area contributed by atoms with Crippen LogP contribution in [-0.2, 0) is 16.6 Å². The molecule has 2 heterocycles. The summed E-state index contributed by atoms with van der Waals surface area (Å²) in [6.45, 7) is 2.40. The fraction of sp³-hybridized carbons (Fsp3) is 0.462. The number of nitrogens with one attached hydrogen (secondary N) is 1. The van der Waals surface area contributed by atoms with Gasteiger partial charge in [0, 0.05) is 19.2 Å². The first kappa shape index (κ1) is 13.4. The summed E-state index contributed by atoms with van der Waals surface area (Å²) in [5.74, 6) is 2.79. The lowest BCUT2D eigenvalue weighted by molar-refractivity contribution is 0.390. The summed E-state index contributed by atoms with van der Waals surface area (Å²) >= 11 is 0. The highest BCUT2D eigenvalue weighted by Crippen LogP contribution is 2.47. The van der Waals surface area contributed by atoms with Crippen molar-refractivity contribution in [1.82, 2.24) is 14.5 Å². The van der Waals surface area contributed by atoms with Crippen molar-refractivity contribution in [2.75, 3.05) is 7.05 Å². The number of rotatable bonds is 5. The summed E-state index contributed by atoms with van der Waals surface area (Å²) in [6.07, 6.45) is 3.81. The van der Waals surface area contributed by atoms with Crippen LogP contribution < -0.4 is 0 Å². The van der Waals surface area contributed by atoms with Gasteiger partial charge in [0.15, 0.2) is 0 Å². The third-order valence-corrected chi connectivity index (χ3v) is 5.49. The highest BCUT2D eigenvalue weighted by Gasteiger charge is 2.36. The van der Waals surface area contributed by atoms with E-state index in [0.29, 0.717) is 17.6 Å². The summed E-state index contributed by atoms with van der Waals surface area (Å²) in [5, 5.41) is 6.17. The molecule has 6 nitrogen and oxygen atoms in total. The van der Waals surface area contributed by atoms with E-state index in [1.54, 1.807) is 0 Å². The van der Waals surface area contributed by atoms with E-state index in [0.717, 1.165) is 12.2 Å². The number of aromatic nitrogens is 2. The molecule has 7 heteroatoms. The van der Waals surface area contributed by atoms with Crippen LogP contribution in [0.2, 0.25) is 0 Å². The molecule has 20 heavy (non-hydrogen) atoms. The zero-order valence-corrected chi connectivity index (χ0v) is 12.2. The minimum Gasteiger partial charge on any atom is -0.464 e. The molecule has 0 saturated heterocycles. The third kappa shape index (κ3) is 2.38. The number of hydrogen-bond donors (Lipinski definition) is 1. The molecule has 1 N–H and O–H groups in total. The molecule has 2 atom stereocenters. The van der Waals surface area contributed by atoms with Gasteiger partial charge in [0.2, 0.25) is 10.0 Å². The first-order valence-corrected chi connectivity index (χ1v) is 7.96. The number of H-pyrrole nitrogens is 1. The minimum atomic E-state index is -3.52. The molecule has 1 aliphatic carbocycles. The quantitative estimate of drug-likeness (QED) is 0.914. The van der Waals surface area contributed by atoms with Crippen LogP contribution in [0.25, 0.3) is 0 Å². The van der Waals surface area contributed by atoms with Gasteiger partial charge in [0.25, 0.3) is 0 Å². The zero-order chi connectivity index (χ0) is 14.3. The molecule has 1 aliphatic rings. The van der Waals surface area contributed by atoms with E-state index in [4.69, 9.17) is 4.42 Å². The van der Waals surface area contributed by atoms with Crippen molar-refractivity contribution >= 4 is 10.0 Å². The van der Waals surface area contributed by atoms with Crippen LogP contribution in [0.1, 0.15) is 30.8 Å². The van der Waals surface area contributed by atoms with Crippen molar-refractivity contribution in [2.45, 2.75) is 30.7 Å². The molecule has 0 radical (unpaired) electrons.